The van der Waals surface area contributed by atoms with E-state index in [0.29, 0.717) is 15.9 Å². The average Bonchev–Trinajstić information content (AvgIpc) is 2.32. The predicted molar refractivity (Wildman–Crippen MR) is 69.1 cm³/mol. The average molecular weight is 313 g/mol. The molecule has 2 aromatic heterocycles. The molecule has 0 radical (unpaired) electrons. The molecule has 0 aliphatic carbocycles. The van der Waals surface area contributed by atoms with Gasteiger partial charge in [-0.15, -0.1) is 0 Å². The van der Waals surface area contributed by atoms with E-state index in [9.17, 15) is 4.79 Å². The van der Waals surface area contributed by atoms with Crippen molar-refractivity contribution in [2.45, 2.75) is 0 Å². The number of nitrogens with one attached hydrogen (secondary N) is 1. The fraction of sp³-hybridized carbons (Fsp3) is 0. The molecule has 0 fully saturated rings. The number of halogens is 2. The predicted octanol–water partition coefficient (Wildman–Crippen LogP) is 3.14. The maximum atomic E-state index is 11.9. The molecule has 0 atom stereocenters. The molecule has 4 nitrogen and oxygen atoms in total. The Morgan fingerprint density at radius 1 is 1.24 bits per heavy atom. The molecule has 2 aromatic rings. The van der Waals surface area contributed by atoms with Gasteiger partial charge in [-0.3, -0.25) is 4.79 Å². The van der Waals surface area contributed by atoms with Crippen molar-refractivity contribution in [2.75, 3.05) is 5.32 Å². The number of carbonyl (C=O) groups excluding carboxylic acids is 1. The van der Waals surface area contributed by atoms with Crippen LogP contribution in [0, 0.1) is 0 Å². The zero-order chi connectivity index (χ0) is 12.3. The summed E-state index contributed by atoms with van der Waals surface area (Å²) in [4.78, 5) is 19.8. The lowest BCUT2D eigenvalue weighted by Crippen LogP contribution is -2.13. The molecule has 0 saturated carbocycles. The Hall–Kier alpha value is -1.46. The Bertz CT molecular complexity index is 562. The van der Waals surface area contributed by atoms with Gasteiger partial charge in [0.15, 0.2) is 5.15 Å². The van der Waals surface area contributed by atoms with Gasteiger partial charge in [0, 0.05) is 12.4 Å². The number of pyridine rings is 2. The summed E-state index contributed by atoms with van der Waals surface area (Å²) in [6, 6.07) is 6.72. The highest BCUT2D eigenvalue weighted by molar-refractivity contribution is 9.10. The quantitative estimate of drug-likeness (QED) is 0.867. The van der Waals surface area contributed by atoms with Crippen molar-refractivity contribution in [3.8, 4) is 0 Å². The number of aromatic nitrogens is 2. The van der Waals surface area contributed by atoms with Crippen molar-refractivity contribution >= 4 is 39.1 Å². The maximum Gasteiger partial charge on any atom is 0.258 e. The zero-order valence-corrected chi connectivity index (χ0v) is 10.9. The molecule has 0 aromatic carbocycles. The molecular weight excluding hydrogens is 305 g/mol. The monoisotopic (exact) mass is 311 g/mol. The normalized spacial score (nSPS) is 10.0. The third kappa shape index (κ3) is 2.81. The van der Waals surface area contributed by atoms with Crippen LogP contribution >= 0.6 is 27.5 Å². The van der Waals surface area contributed by atoms with Crippen molar-refractivity contribution in [1.82, 2.24) is 9.97 Å². The van der Waals surface area contributed by atoms with Crippen LogP contribution in [-0.4, -0.2) is 15.9 Å². The second-order valence-electron chi connectivity index (χ2n) is 3.14. The summed E-state index contributed by atoms with van der Waals surface area (Å²) in [6.07, 6.45) is 3.15. The van der Waals surface area contributed by atoms with Crippen molar-refractivity contribution in [3.63, 3.8) is 0 Å². The van der Waals surface area contributed by atoms with Crippen LogP contribution in [0.1, 0.15) is 10.4 Å². The van der Waals surface area contributed by atoms with Crippen molar-refractivity contribution < 1.29 is 4.79 Å². The molecule has 0 unspecified atom stereocenters. The van der Waals surface area contributed by atoms with Gasteiger partial charge in [0.25, 0.3) is 5.91 Å². The molecule has 0 saturated heterocycles. The van der Waals surface area contributed by atoms with Gasteiger partial charge < -0.3 is 5.32 Å². The molecule has 0 aliphatic rings. The number of amides is 1. The molecule has 1 N–H and O–H groups in total. The van der Waals surface area contributed by atoms with Gasteiger partial charge >= 0.3 is 0 Å². The SMILES string of the molecule is O=C(Nc1cccnc1Cl)c1cccnc1Br. The highest BCUT2D eigenvalue weighted by Crippen LogP contribution is 2.20. The van der Waals surface area contributed by atoms with E-state index in [0.717, 1.165) is 0 Å². The standard InChI is InChI=1S/C11H7BrClN3O/c12-9-7(3-1-5-14-9)11(17)16-8-4-2-6-15-10(8)13/h1-6H,(H,16,17). The minimum atomic E-state index is -0.292. The maximum absolute atomic E-state index is 11.9. The number of hydrogen-bond acceptors (Lipinski definition) is 3. The third-order valence-electron chi connectivity index (χ3n) is 2.01. The van der Waals surface area contributed by atoms with Gasteiger partial charge in [-0.1, -0.05) is 11.6 Å². The number of hydrogen-bond donors (Lipinski definition) is 1. The molecule has 86 valence electrons. The lowest BCUT2D eigenvalue weighted by atomic mass is 10.2. The summed E-state index contributed by atoms with van der Waals surface area (Å²) in [7, 11) is 0. The first kappa shape index (κ1) is 12.0. The van der Waals surface area contributed by atoms with Crippen LogP contribution in [0.2, 0.25) is 5.15 Å². The number of nitrogens with zero attached hydrogens (tertiary/aromatic N) is 2. The Balaban J connectivity index is 2.24. The van der Waals surface area contributed by atoms with Gasteiger partial charge in [0.05, 0.1) is 11.3 Å². The van der Waals surface area contributed by atoms with Crippen molar-refractivity contribution in [1.29, 1.82) is 0 Å². The largest absolute Gasteiger partial charge is 0.319 e. The summed E-state index contributed by atoms with van der Waals surface area (Å²) in [6.45, 7) is 0. The van der Waals surface area contributed by atoms with Crippen LogP contribution in [0.5, 0.6) is 0 Å². The first-order valence-corrected chi connectivity index (χ1v) is 5.88. The minimum Gasteiger partial charge on any atom is -0.319 e. The van der Waals surface area contributed by atoms with E-state index < -0.39 is 0 Å². The van der Waals surface area contributed by atoms with Crippen molar-refractivity contribution in [2.24, 2.45) is 0 Å². The van der Waals surface area contributed by atoms with E-state index in [2.05, 4.69) is 31.2 Å². The van der Waals surface area contributed by atoms with E-state index in [1.807, 2.05) is 0 Å². The number of rotatable bonds is 2. The summed E-state index contributed by atoms with van der Waals surface area (Å²) in [5.41, 5.74) is 0.905. The fourth-order valence-electron chi connectivity index (χ4n) is 1.22. The molecule has 0 bridgehead atoms. The van der Waals surface area contributed by atoms with Crippen LogP contribution in [-0.2, 0) is 0 Å². The lowest BCUT2D eigenvalue weighted by molar-refractivity contribution is 0.102. The van der Waals surface area contributed by atoms with Gasteiger partial charge in [-0.2, -0.15) is 0 Å². The number of anilines is 1. The topological polar surface area (TPSA) is 54.9 Å². The second-order valence-corrected chi connectivity index (χ2v) is 4.25. The van der Waals surface area contributed by atoms with Crippen LogP contribution in [0.4, 0.5) is 5.69 Å². The third-order valence-corrected chi connectivity index (χ3v) is 2.94. The second kappa shape index (κ2) is 5.25. The summed E-state index contributed by atoms with van der Waals surface area (Å²) in [5, 5.41) is 2.91. The Morgan fingerprint density at radius 3 is 2.65 bits per heavy atom. The smallest absolute Gasteiger partial charge is 0.258 e. The Labute approximate surface area is 111 Å². The van der Waals surface area contributed by atoms with E-state index >= 15 is 0 Å². The Morgan fingerprint density at radius 2 is 1.94 bits per heavy atom. The first-order chi connectivity index (χ1) is 8.18. The van der Waals surface area contributed by atoms with E-state index in [1.165, 1.54) is 0 Å². The van der Waals surface area contributed by atoms with Gasteiger partial charge in [-0.05, 0) is 40.2 Å². The van der Waals surface area contributed by atoms with Gasteiger partial charge in [0.2, 0.25) is 0 Å². The molecule has 17 heavy (non-hydrogen) atoms. The van der Waals surface area contributed by atoms with Gasteiger partial charge in [-0.25, -0.2) is 9.97 Å². The van der Waals surface area contributed by atoms with E-state index in [4.69, 9.17) is 11.6 Å². The molecule has 1 amide bonds. The molecule has 0 spiro atoms. The Kier molecular flexibility index (Phi) is 3.71. The van der Waals surface area contributed by atoms with Crippen molar-refractivity contribution in [3.05, 3.63) is 52.0 Å². The van der Waals surface area contributed by atoms with Crippen LogP contribution in [0.15, 0.2) is 41.3 Å². The lowest BCUT2D eigenvalue weighted by Gasteiger charge is -2.06. The fourth-order valence-corrected chi connectivity index (χ4v) is 1.82. The molecule has 2 rings (SSSR count). The molecule has 2 heterocycles. The van der Waals surface area contributed by atoms with E-state index in [1.54, 1.807) is 36.7 Å². The first-order valence-electron chi connectivity index (χ1n) is 4.71. The van der Waals surface area contributed by atoms with Crippen LogP contribution in [0.25, 0.3) is 0 Å². The summed E-state index contributed by atoms with van der Waals surface area (Å²) >= 11 is 9.05. The highest BCUT2D eigenvalue weighted by atomic mass is 79.9. The van der Waals surface area contributed by atoms with Gasteiger partial charge in [0.1, 0.15) is 4.60 Å². The molecule has 0 aliphatic heterocycles. The summed E-state index contributed by atoms with van der Waals surface area (Å²) < 4.78 is 0.484. The summed E-state index contributed by atoms with van der Waals surface area (Å²) in [5.74, 6) is -0.292. The zero-order valence-electron chi connectivity index (χ0n) is 8.52. The highest BCUT2D eigenvalue weighted by Gasteiger charge is 2.11. The molecule has 6 heteroatoms. The minimum absolute atomic E-state index is 0.251. The van der Waals surface area contributed by atoms with Crippen LogP contribution < -0.4 is 5.32 Å². The number of carbonyl (C=O) groups is 1. The van der Waals surface area contributed by atoms with Crippen LogP contribution in [0.3, 0.4) is 0 Å². The molecular formula is C11H7BrClN3O. The van der Waals surface area contributed by atoms with E-state index in [-0.39, 0.29) is 11.1 Å².